The molecule has 3 fully saturated rings. The Balaban J connectivity index is 1.43. The van der Waals surface area contributed by atoms with E-state index >= 15 is 0 Å². The summed E-state index contributed by atoms with van der Waals surface area (Å²) in [5.41, 5.74) is 2.72. The molecule has 2 nitrogen and oxygen atoms in total. The molecule has 3 saturated carbocycles. The first kappa shape index (κ1) is 26.4. The third kappa shape index (κ3) is 4.96. The normalized spacial score (nSPS) is 41.3. The van der Waals surface area contributed by atoms with Crippen LogP contribution in [0.4, 0.5) is 0 Å². The van der Waals surface area contributed by atoms with Gasteiger partial charge in [0.2, 0.25) is 0 Å². The summed E-state index contributed by atoms with van der Waals surface area (Å²) in [6.07, 6.45) is 21.1. The van der Waals surface area contributed by atoms with Crippen LogP contribution in [-0.4, -0.2) is 18.4 Å². The Morgan fingerprint density at radius 1 is 1.03 bits per heavy atom. The molecule has 0 aliphatic heterocycles. The lowest BCUT2D eigenvalue weighted by molar-refractivity contribution is -0.110. The lowest BCUT2D eigenvalue weighted by Gasteiger charge is -2.58. The average Bonchev–Trinajstić information content (AvgIpc) is 3.16. The molecule has 0 aromatic heterocycles. The van der Waals surface area contributed by atoms with Crippen molar-refractivity contribution < 1.29 is 4.79 Å². The maximum Gasteiger partial charge on any atom is 0.136 e. The van der Waals surface area contributed by atoms with Crippen LogP contribution in [0.3, 0.4) is 0 Å². The Labute approximate surface area is 211 Å². The van der Waals surface area contributed by atoms with Crippen molar-refractivity contribution in [1.82, 2.24) is 5.32 Å². The van der Waals surface area contributed by atoms with Crippen molar-refractivity contribution in [2.45, 2.75) is 137 Å². The highest BCUT2D eigenvalue weighted by Gasteiger charge is 2.59. The largest absolute Gasteiger partial charge is 0.305 e. The van der Waals surface area contributed by atoms with Gasteiger partial charge in [-0.25, -0.2) is 0 Å². The van der Waals surface area contributed by atoms with E-state index in [2.05, 4.69) is 52.9 Å². The van der Waals surface area contributed by atoms with Crippen LogP contribution >= 0.6 is 0 Å². The minimum Gasteiger partial charge on any atom is -0.305 e. The molecular weight excluding hydrogens is 414 g/mol. The van der Waals surface area contributed by atoms with E-state index in [1.165, 1.54) is 70.6 Å². The van der Waals surface area contributed by atoms with Crippen LogP contribution in [0.25, 0.3) is 0 Å². The van der Waals surface area contributed by atoms with Gasteiger partial charge < -0.3 is 10.1 Å². The second kappa shape index (κ2) is 10.8. The first-order valence-corrected chi connectivity index (χ1v) is 15.1. The number of allylic oxidation sites excluding steroid dienone is 1. The van der Waals surface area contributed by atoms with Gasteiger partial charge in [-0.05, 0) is 104 Å². The quantitative estimate of drug-likeness (QED) is 0.257. The summed E-state index contributed by atoms with van der Waals surface area (Å²) >= 11 is 0. The molecule has 4 aliphatic carbocycles. The van der Waals surface area contributed by atoms with Gasteiger partial charge in [0.05, 0.1) is 6.04 Å². The van der Waals surface area contributed by atoms with E-state index in [4.69, 9.17) is 0 Å². The number of carbonyl (C=O) groups excluding carboxylic acids is 1. The van der Waals surface area contributed by atoms with E-state index in [0.29, 0.717) is 16.9 Å². The summed E-state index contributed by atoms with van der Waals surface area (Å²) in [5, 5.41) is 3.70. The molecule has 0 aromatic carbocycles. The Hall–Kier alpha value is -0.630. The van der Waals surface area contributed by atoms with Crippen LogP contribution in [-0.2, 0) is 4.79 Å². The minimum absolute atomic E-state index is 0.0460. The van der Waals surface area contributed by atoms with E-state index in [1.54, 1.807) is 5.57 Å². The first-order valence-electron chi connectivity index (χ1n) is 15.1. The number of hydrogen-bond acceptors (Lipinski definition) is 2. The zero-order valence-electron chi connectivity index (χ0n) is 23.4. The third-order valence-electron chi connectivity index (χ3n) is 11.5. The summed E-state index contributed by atoms with van der Waals surface area (Å²) in [7, 11) is 0. The number of aldehydes is 1. The fourth-order valence-corrected chi connectivity index (χ4v) is 9.63. The molecule has 0 saturated heterocycles. The summed E-state index contributed by atoms with van der Waals surface area (Å²) in [6, 6.07) is 0.540. The van der Waals surface area contributed by atoms with Crippen LogP contribution in [0.5, 0.6) is 0 Å². The van der Waals surface area contributed by atoms with Crippen molar-refractivity contribution in [2.24, 2.45) is 46.3 Å². The topological polar surface area (TPSA) is 29.1 Å². The zero-order chi connectivity index (χ0) is 24.5. The van der Waals surface area contributed by atoms with Crippen LogP contribution in [0.2, 0.25) is 0 Å². The number of fused-ring (bicyclic) bond motifs is 5. The summed E-state index contributed by atoms with van der Waals surface area (Å²) in [5.74, 6) is 5.43. The molecule has 194 valence electrons. The van der Waals surface area contributed by atoms with Crippen molar-refractivity contribution in [2.75, 3.05) is 0 Å². The first-order chi connectivity index (χ1) is 16.2. The smallest absolute Gasteiger partial charge is 0.136 e. The van der Waals surface area contributed by atoms with Crippen LogP contribution in [0.15, 0.2) is 11.6 Å². The SMILES string of the molecule is CCCC(C=O)N[C@H]1CC[C@@]2(C)C(=CC[C@H]3[C@@H]4CC[C@H]([C@H](C)CCCC(C)C)[C@@]4(C)CC[C@@H]32)C1. The summed E-state index contributed by atoms with van der Waals surface area (Å²) in [6.45, 7) is 14.8. The lowest BCUT2D eigenvalue weighted by Crippen LogP contribution is -2.52. The molecule has 0 radical (unpaired) electrons. The fourth-order valence-electron chi connectivity index (χ4n) is 9.63. The second-order valence-corrected chi connectivity index (χ2v) is 13.9. The van der Waals surface area contributed by atoms with E-state index < -0.39 is 0 Å². The number of rotatable bonds is 10. The molecular formula is C32H55NO. The van der Waals surface area contributed by atoms with Gasteiger partial charge in [0.25, 0.3) is 0 Å². The van der Waals surface area contributed by atoms with Crippen LogP contribution < -0.4 is 5.32 Å². The third-order valence-corrected chi connectivity index (χ3v) is 11.5. The molecule has 0 heterocycles. The van der Waals surface area contributed by atoms with Gasteiger partial charge >= 0.3 is 0 Å². The molecule has 1 N–H and O–H groups in total. The van der Waals surface area contributed by atoms with Crippen molar-refractivity contribution in [3.63, 3.8) is 0 Å². The van der Waals surface area contributed by atoms with E-state index in [-0.39, 0.29) is 6.04 Å². The molecule has 0 spiro atoms. The van der Waals surface area contributed by atoms with Crippen LogP contribution in [0, 0.1) is 46.3 Å². The highest BCUT2D eigenvalue weighted by atomic mass is 16.1. The lowest BCUT2D eigenvalue weighted by atomic mass is 9.47. The van der Waals surface area contributed by atoms with Gasteiger partial charge in [-0.15, -0.1) is 0 Å². The fraction of sp³-hybridized carbons (Fsp3) is 0.906. The summed E-state index contributed by atoms with van der Waals surface area (Å²) in [4.78, 5) is 11.5. The highest BCUT2D eigenvalue weighted by molar-refractivity contribution is 5.57. The number of nitrogens with one attached hydrogen (secondary N) is 1. The average molecular weight is 470 g/mol. The predicted molar refractivity (Wildman–Crippen MR) is 145 cm³/mol. The van der Waals surface area contributed by atoms with Gasteiger partial charge in [0.1, 0.15) is 6.29 Å². The Morgan fingerprint density at radius 2 is 1.82 bits per heavy atom. The molecule has 34 heavy (non-hydrogen) atoms. The zero-order valence-corrected chi connectivity index (χ0v) is 23.4. The molecule has 2 heteroatoms. The maximum absolute atomic E-state index is 11.5. The highest BCUT2D eigenvalue weighted by Crippen LogP contribution is 2.67. The van der Waals surface area contributed by atoms with Crippen molar-refractivity contribution in [1.29, 1.82) is 0 Å². The Morgan fingerprint density at radius 3 is 2.53 bits per heavy atom. The Bertz CT molecular complexity index is 727. The molecule has 4 rings (SSSR count). The summed E-state index contributed by atoms with van der Waals surface area (Å²) < 4.78 is 0. The molecule has 0 amide bonds. The van der Waals surface area contributed by atoms with Gasteiger partial charge in [0, 0.05) is 6.04 Å². The van der Waals surface area contributed by atoms with Crippen molar-refractivity contribution in [3.05, 3.63) is 11.6 Å². The molecule has 9 atom stereocenters. The van der Waals surface area contributed by atoms with E-state index in [9.17, 15) is 4.79 Å². The van der Waals surface area contributed by atoms with Gasteiger partial charge in [0.15, 0.2) is 0 Å². The van der Waals surface area contributed by atoms with Crippen LogP contribution in [0.1, 0.15) is 125 Å². The minimum atomic E-state index is 0.0460. The van der Waals surface area contributed by atoms with Gasteiger partial charge in [-0.3, -0.25) is 0 Å². The molecule has 4 aliphatic rings. The second-order valence-electron chi connectivity index (χ2n) is 13.9. The molecule has 1 unspecified atom stereocenters. The molecule has 0 aromatic rings. The van der Waals surface area contributed by atoms with Gasteiger partial charge in [-0.1, -0.05) is 78.9 Å². The standard InChI is InChI=1S/C32H55NO/c1-7-9-26(21-34)33-25-16-18-31(5)24(20-25)12-13-27-29-15-14-28(23(4)11-8-10-22(2)3)32(29,6)19-17-30(27)31/h12,21-23,25-30,33H,7-11,13-20H2,1-6H3/t23-,25+,26?,27+,28-,29+,30+,31+,32-/m1/s1. The predicted octanol–water partition coefficient (Wildman–Crippen LogP) is 8.35. The van der Waals surface area contributed by atoms with E-state index in [1.807, 2.05) is 0 Å². The monoisotopic (exact) mass is 469 g/mol. The number of hydrogen-bond donors (Lipinski definition) is 1. The molecule has 0 bridgehead atoms. The van der Waals surface area contributed by atoms with Crippen molar-refractivity contribution in [3.8, 4) is 0 Å². The Kier molecular flexibility index (Phi) is 8.38. The van der Waals surface area contributed by atoms with Gasteiger partial charge in [-0.2, -0.15) is 0 Å². The maximum atomic E-state index is 11.5. The van der Waals surface area contributed by atoms with E-state index in [0.717, 1.165) is 54.6 Å². The number of carbonyl (C=O) groups is 1. The van der Waals surface area contributed by atoms with Crippen molar-refractivity contribution >= 4 is 6.29 Å².